The minimum Gasteiger partial charge on any atom is -0.271 e. The van der Waals surface area contributed by atoms with Crippen LogP contribution in [0.3, 0.4) is 0 Å². The molecule has 3 N–H and O–H groups in total. The lowest BCUT2D eigenvalue weighted by molar-refractivity contribution is -0.136. The number of nitrogens with two attached hydrogens (primary N) is 1. The molecule has 0 spiro atoms. The van der Waals surface area contributed by atoms with E-state index in [-0.39, 0.29) is 17.9 Å². The summed E-state index contributed by atoms with van der Waals surface area (Å²) in [6, 6.07) is 0.00912. The summed E-state index contributed by atoms with van der Waals surface area (Å²) in [5, 5.41) is 0. The fourth-order valence-electron chi connectivity index (χ4n) is 3.02. The third-order valence-corrected chi connectivity index (χ3v) is 4.02. The van der Waals surface area contributed by atoms with Crippen molar-refractivity contribution < 1.29 is 13.2 Å². The summed E-state index contributed by atoms with van der Waals surface area (Å²) in [5.74, 6) is 5.88. The van der Waals surface area contributed by atoms with E-state index in [1.165, 1.54) is 0 Å². The highest BCUT2D eigenvalue weighted by Crippen LogP contribution is 2.45. The molecule has 5 heteroatoms. The van der Waals surface area contributed by atoms with Gasteiger partial charge in [-0.1, -0.05) is 20.3 Å². The van der Waals surface area contributed by atoms with Crippen LogP contribution in [0.25, 0.3) is 0 Å². The molecule has 0 heterocycles. The monoisotopic (exact) mass is 252 g/mol. The zero-order valence-corrected chi connectivity index (χ0v) is 10.6. The number of nitrogens with one attached hydrogen (secondary N) is 1. The minimum absolute atomic E-state index is 0.00912. The zero-order valence-electron chi connectivity index (χ0n) is 10.6. The van der Waals surface area contributed by atoms with Gasteiger partial charge in [0, 0.05) is 12.5 Å². The molecule has 0 bridgehead atoms. The van der Waals surface area contributed by atoms with E-state index >= 15 is 0 Å². The van der Waals surface area contributed by atoms with Crippen molar-refractivity contribution >= 4 is 0 Å². The zero-order chi connectivity index (χ0) is 13.1. The van der Waals surface area contributed by atoms with Crippen LogP contribution in [0.15, 0.2) is 0 Å². The summed E-state index contributed by atoms with van der Waals surface area (Å²) in [4.78, 5) is 0. The van der Waals surface area contributed by atoms with Gasteiger partial charge in [-0.15, -0.1) is 0 Å². The van der Waals surface area contributed by atoms with E-state index in [9.17, 15) is 13.2 Å². The van der Waals surface area contributed by atoms with Crippen LogP contribution in [0.2, 0.25) is 0 Å². The molecule has 0 amide bonds. The molecule has 0 aromatic carbocycles. The SMILES string of the molecule is CC1(C)CCCC1C(CCCC(F)(F)F)NN. The van der Waals surface area contributed by atoms with Gasteiger partial charge in [0.1, 0.15) is 0 Å². The Morgan fingerprint density at radius 3 is 2.47 bits per heavy atom. The predicted molar refractivity (Wildman–Crippen MR) is 62.1 cm³/mol. The molecule has 2 nitrogen and oxygen atoms in total. The molecule has 17 heavy (non-hydrogen) atoms. The molecule has 2 unspecified atom stereocenters. The molecule has 0 radical (unpaired) electrons. The van der Waals surface area contributed by atoms with E-state index < -0.39 is 12.6 Å². The molecule has 0 saturated heterocycles. The lowest BCUT2D eigenvalue weighted by Crippen LogP contribution is -2.44. The first-order chi connectivity index (χ1) is 7.76. The van der Waals surface area contributed by atoms with E-state index in [0.29, 0.717) is 12.3 Å². The van der Waals surface area contributed by atoms with Crippen LogP contribution in [-0.4, -0.2) is 12.2 Å². The number of alkyl halides is 3. The molecule has 0 aromatic rings. The van der Waals surface area contributed by atoms with E-state index in [4.69, 9.17) is 5.84 Å². The summed E-state index contributed by atoms with van der Waals surface area (Å²) in [7, 11) is 0. The van der Waals surface area contributed by atoms with Gasteiger partial charge in [-0.2, -0.15) is 13.2 Å². The molecule has 2 atom stereocenters. The summed E-state index contributed by atoms with van der Waals surface area (Å²) < 4.78 is 36.3. The summed E-state index contributed by atoms with van der Waals surface area (Å²) in [6.45, 7) is 4.36. The molecular weight excluding hydrogens is 229 g/mol. The van der Waals surface area contributed by atoms with Crippen LogP contribution in [0, 0.1) is 11.3 Å². The van der Waals surface area contributed by atoms with Gasteiger partial charge in [-0.3, -0.25) is 11.3 Å². The number of halogens is 3. The fourth-order valence-corrected chi connectivity index (χ4v) is 3.02. The maximum atomic E-state index is 12.1. The Bertz CT molecular complexity index is 238. The minimum atomic E-state index is -4.05. The van der Waals surface area contributed by atoms with Crippen molar-refractivity contribution in [3.8, 4) is 0 Å². The van der Waals surface area contributed by atoms with Gasteiger partial charge in [-0.25, -0.2) is 0 Å². The number of rotatable bonds is 5. The summed E-state index contributed by atoms with van der Waals surface area (Å²) in [6.07, 6.45) is -0.754. The fraction of sp³-hybridized carbons (Fsp3) is 1.00. The summed E-state index contributed by atoms with van der Waals surface area (Å²) >= 11 is 0. The van der Waals surface area contributed by atoms with Crippen molar-refractivity contribution in [3.05, 3.63) is 0 Å². The second kappa shape index (κ2) is 5.57. The third kappa shape index (κ3) is 4.47. The maximum absolute atomic E-state index is 12.1. The van der Waals surface area contributed by atoms with Gasteiger partial charge >= 0.3 is 6.18 Å². The van der Waals surface area contributed by atoms with E-state index in [0.717, 1.165) is 19.3 Å². The van der Waals surface area contributed by atoms with Crippen molar-refractivity contribution in [3.63, 3.8) is 0 Å². The van der Waals surface area contributed by atoms with Gasteiger partial charge in [0.05, 0.1) is 0 Å². The predicted octanol–water partition coefficient (Wildman–Crippen LogP) is 3.38. The Balaban J connectivity index is 2.43. The Morgan fingerprint density at radius 1 is 1.41 bits per heavy atom. The largest absolute Gasteiger partial charge is 0.389 e. The van der Waals surface area contributed by atoms with Crippen LogP contribution in [0.5, 0.6) is 0 Å². The normalized spacial score (nSPS) is 26.1. The molecule has 1 saturated carbocycles. The first kappa shape index (κ1) is 14.8. The molecule has 1 aliphatic carbocycles. The van der Waals surface area contributed by atoms with Gasteiger partial charge in [0.2, 0.25) is 0 Å². The second-order valence-corrected chi connectivity index (χ2v) is 5.77. The molecular formula is C12H23F3N2. The average Bonchev–Trinajstić information content (AvgIpc) is 2.51. The van der Waals surface area contributed by atoms with Gasteiger partial charge in [0.15, 0.2) is 0 Å². The molecule has 1 fully saturated rings. The van der Waals surface area contributed by atoms with E-state index in [1.807, 2.05) is 0 Å². The highest BCUT2D eigenvalue weighted by molar-refractivity contribution is 4.91. The molecule has 1 rings (SSSR count). The lowest BCUT2D eigenvalue weighted by Gasteiger charge is -2.34. The maximum Gasteiger partial charge on any atom is 0.389 e. The topological polar surface area (TPSA) is 38.0 Å². The van der Waals surface area contributed by atoms with Crippen LogP contribution >= 0.6 is 0 Å². The van der Waals surface area contributed by atoms with Gasteiger partial charge < -0.3 is 0 Å². The molecule has 0 aliphatic heterocycles. The Hall–Kier alpha value is -0.290. The Labute approximate surface area is 101 Å². The Morgan fingerprint density at radius 2 is 2.06 bits per heavy atom. The van der Waals surface area contributed by atoms with Gasteiger partial charge in [-0.05, 0) is 37.0 Å². The molecule has 1 aliphatic rings. The highest BCUT2D eigenvalue weighted by atomic mass is 19.4. The van der Waals surface area contributed by atoms with Crippen LogP contribution in [0.1, 0.15) is 52.4 Å². The molecule has 0 aromatic heterocycles. The number of hydrogen-bond acceptors (Lipinski definition) is 2. The second-order valence-electron chi connectivity index (χ2n) is 5.77. The van der Waals surface area contributed by atoms with Crippen molar-refractivity contribution in [2.45, 2.75) is 64.6 Å². The number of hydrazine groups is 1. The Kier molecular flexibility index (Phi) is 4.84. The quantitative estimate of drug-likeness (QED) is 0.581. The lowest BCUT2D eigenvalue weighted by atomic mass is 9.76. The van der Waals surface area contributed by atoms with Gasteiger partial charge in [0.25, 0.3) is 0 Å². The van der Waals surface area contributed by atoms with Crippen LogP contribution in [0.4, 0.5) is 13.2 Å². The van der Waals surface area contributed by atoms with E-state index in [2.05, 4.69) is 19.3 Å². The van der Waals surface area contributed by atoms with E-state index in [1.54, 1.807) is 0 Å². The smallest absolute Gasteiger partial charge is 0.271 e. The van der Waals surface area contributed by atoms with Crippen LogP contribution < -0.4 is 11.3 Å². The summed E-state index contributed by atoms with van der Waals surface area (Å²) in [5.41, 5.74) is 2.91. The molecule has 102 valence electrons. The van der Waals surface area contributed by atoms with Crippen molar-refractivity contribution in [2.75, 3.05) is 0 Å². The standard InChI is InChI=1S/C12H23F3N2/c1-11(2)7-3-5-9(11)10(17-16)6-4-8-12(13,14)15/h9-10,17H,3-8,16H2,1-2H3. The average molecular weight is 252 g/mol. The third-order valence-electron chi connectivity index (χ3n) is 4.02. The van der Waals surface area contributed by atoms with Crippen molar-refractivity contribution in [1.82, 2.24) is 5.43 Å². The first-order valence-corrected chi connectivity index (χ1v) is 6.29. The van der Waals surface area contributed by atoms with Crippen molar-refractivity contribution in [2.24, 2.45) is 17.2 Å². The highest BCUT2D eigenvalue weighted by Gasteiger charge is 2.39. The number of hydrogen-bond donors (Lipinski definition) is 2. The van der Waals surface area contributed by atoms with Crippen molar-refractivity contribution in [1.29, 1.82) is 0 Å². The van der Waals surface area contributed by atoms with Crippen LogP contribution in [-0.2, 0) is 0 Å². The first-order valence-electron chi connectivity index (χ1n) is 6.29.